The van der Waals surface area contributed by atoms with Crippen molar-refractivity contribution in [2.75, 3.05) is 25.9 Å². The molecule has 66 valence electrons. The maximum Gasteiger partial charge on any atom is 0.00569 e. The van der Waals surface area contributed by atoms with Crippen molar-refractivity contribution in [3.05, 3.63) is 0 Å². The van der Waals surface area contributed by atoms with E-state index >= 15 is 0 Å². The zero-order valence-corrected chi connectivity index (χ0v) is 8.49. The summed E-state index contributed by atoms with van der Waals surface area (Å²) in [6, 6.07) is 0. The van der Waals surface area contributed by atoms with Gasteiger partial charge in [-0.15, -0.1) is 0 Å². The van der Waals surface area contributed by atoms with E-state index < -0.39 is 0 Å². The van der Waals surface area contributed by atoms with Gasteiger partial charge in [-0.25, -0.2) is 0 Å². The molecule has 0 saturated carbocycles. The Morgan fingerprint density at radius 2 is 2.18 bits per heavy atom. The summed E-state index contributed by atoms with van der Waals surface area (Å²) in [5, 5.41) is 0.937. The normalized spacial score (nSPS) is 28.4. The van der Waals surface area contributed by atoms with E-state index in [1.807, 2.05) is 11.8 Å². The van der Waals surface area contributed by atoms with Gasteiger partial charge in [-0.2, -0.15) is 11.8 Å². The van der Waals surface area contributed by atoms with Crippen molar-refractivity contribution in [3.63, 3.8) is 0 Å². The molecule has 1 heterocycles. The van der Waals surface area contributed by atoms with Crippen LogP contribution >= 0.6 is 11.8 Å². The van der Waals surface area contributed by atoms with Crippen molar-refractivity contribution in [2.45, 2.75) is 31.4 Å². The molecule has 0 amide bonds. The van der Waals surface area contributed by atoms with E-state index in [1.54, 1.807) is 0 Å². The number of hydrogen-bond donors (Lipinski definition) is 0. The zero-order chi connectivity index (χ0) is 8.10. The van der Waals surface area contributed by atoms with Gasteiger partial charge in [0.2, 0.25) is 0 Å². The second-order valence-corrected chi connectivity index (χ2v) is 4.36. The molecule has 11 heavy (non-hydrogen) atoms. The van der Waals surface area contributed by atoms with Crippen LogP contribution in [0.2, 0.25) is 0 Å². The van der Waals surface area contributed by atoms with E-state index in [0.717, 1.165) is 5.25 Å². The minimum Gasteiger partial charge on any atom is -0.304 e. The summed E-state index contributed by atoms with van der Waals surface area (Å²) in [5.41, 5.74) is 0. The molecule has 0 aromatic carbocycles. The van der Waals surface area contributed by atoms with Crippen molar-refractivity contribution >= 4 is 11.8 Å². The van der Waals surface area contributed by atoms with Gasteiger partial charge in [0.25, 0.3) is 0 Å². The maximum atomic E-state index is 2.57. The molecule has 1 saturated heterocycles. The SMILES string of the molecule is CCN1CCCC(SC)CC1. The Hall–Kier alpha value is 0.310. The topological polar surface area (TPSA) is 3.24 Å². The Bertz CT molecular complexity index is 93.7. The monoisotopic (exact) mass is 173 g/mol. The zero-order valence-electron chi connectivity index (χ0n) is 7.68. The van der Waals surface area contributed by atoms with Crippen molar-refractivity contribution in [2.24, 2.45) is 0 Å². The molecule has 0 aliphatic carbocycles. The van der Waals surface area contributed by atoms with E-state index in [2.05, 4.69) is 18.1 Å². The Morgan fingerprint density at radius 1 is 1.36 bits per heavy atom. The van der Waals surface area contributed by atoms with Gasteiger partial charge in [-0.05, 0) is 45.2 Å². The molecule has 1 atom stereocenters. The molecular weight excluding hydrogens is 154 g/mol. The third-order valence-electron chi connectivity index (χ3n) is 2.55. The third kappa shape index (κ3) is 3.04. The van der Waals surface area contributed by atoms with Crippen LogP contribution < -0.4 is 0 Å². The lowest BCUT2D eigenvalue weighted by Crippen LogP contribution is -2.24. The Morgan fingerprint density at radius 3 is 2.82 bits per heavy atom. The van der Waals surface area contributed by atoms with Crippen LogP contribution in [0.1, 0.15) is 26.2 Å². The van der Waals surface area contributed by atoms with Crippen LogP contribution in [0.15, 0.2) is 0 Å². The second-order valence-electron chi connectivity index (χ2n) is 3.22. The second kappa shape index (κ2) is 5.04. The van der Waals surface area contributed by atoms with Crippen molar-refractivity contribution < 1.29 is 0 Å². The number of hydrogen-bond acceptors (Lipinski definition) is 2. The highest BCUT2D eigenvalue weighted by Gasteiger charge is 2.14. The van der Waals surface area contributed by atoms with Crippen LogP contribution in [-0.2, 0) is 0 Å². The third-order valence-corrected chi connectivity index (χ3v) is 3.69. The van der Waals surface area contributed by atoms with Crippen molar-refractivity contribution in [3.8, 4) is 0 Å². The van der Waals surface area contributed by atoms with E-state index in [0.29, 0.717) is 0 Å². The summed E-state index contributed by atoms with van der Waals surface area (Å²) in [4.78, 5) is 2.57. The molecule has 1 unspecified atom stereocenters. The molecule has 1 nitrogen and oxygen atoms in total. The van der Waals surface area contributed by atoms with Gasteiger partial charge in [-0.3, -0.25) is 0 Å². The lowest BCUT2D eigenvalue weighted by Gasteiger charge is -2.16. The van der Waals surface area contributed by atoms with Gasteiger partial charge < -0.3 is 4.90 Å². The van der Waals surface area contributed by atoms with E-state index in [1.165, 1.54) is 38.9 Å². The molecule has 1 rings (SSSR count). The van der Waals surface area contributed by atoms with Gasteiger partial charge in [-0.1, -0.05) is 6.92 Å². The van der Waals surface area contributed by atoms with Crippen LogP contribution in [0, 0.1) is 0 Å². The van der Waals surface area contributed by atoms with Crippen LogP contribution in [0.5, 0.6) is 0 Å². The fourth-order valence-corrected chi connectivity index (χ4v) is 2.42. The Balaban J connectivity index is 2.27. The first kappa shape index (κ1) is 9.40. The largest absolute Gasteiger partial charge is 0.304 e. The summed E-state index contributed by atoms with van der Waals surface area (Å²) in [5.74, 6) is 0. The standard InChI is InChI=1S/C9H19NS/c1-3-10-7-4-5-9(11-2)6-8-10/h9H,3-8H2,1-2H3. The van der Waals surface area contributed by atoms with Gasteiger partial charge in [0.05, 0.1) is 0 Å². The fourth-order valence-electron chi connectivity index (χ4n) is 1.68. The summed E-state index contributed by atoms with van der Waals surface area (Å²) in [7, 11) is 0. The molecule has 1 aliphatic rings. The van der Waals surface area contributed by atoms with Gasteiger partial charge >= 0.3 is 0 Å². The van der Waals surface area contributed by atoms with Crippen LogP contribution in [0.25, 0.3) is 0 Å². The van der Waals surface area contributed by atoms with E-state index in [-0.39, 0.29) is 0 Å². The molecule has 0 N–H and O–H groups in total. The van der Waals surface area contributed by atoms with Gasteiger partial charge in [0.15, 0.2) is 0 Å². The number of rotatable bonds is 2. The maximum absolute atomic E-state index is 2.57. The average molecular weight is 173 g/mol. The smallest absolute Gasteiger partial charge is 0.00569 e. The molecule has 1 fully saturated rings. The highest BCUT2D eigenvalue weighted by Crippen LogP contribution is 2.20. The Kier molecular flexibility index (Phi) is 4.31. The van der Waals surface area contributed by atoms with Crippen molar-refractivity contribution in [1.29, 1.82) is 0 Å². The fraction of sp³-hybridized carbons (Fsp3) is 1.00. The predicted molar refractivity (Wildman–Crippen MR) is 53.3 cm³/mol. The molecule has 2 heteroatoms. The first-order valence-electron chi connectivity index (χ1n) is 4.62. The average Bonchev–Trinajstić information content (AvgIpc) is 2.28. The Labute approximate surface area is 74.5 Å². The predicted octanol–water partition coefficient (Wildman–Crippen LogP) is 2.22. The highest BCUT2D eigenvalue weighted by atomic mass is 32.2. The molecule has 0 spiro atoms. The quantitative estimate of drug-likeness (QED) is 0.630. The summed E-state index contributed by atoms with van der Waals surface area (Å²) < 4.78 is 0. The van der Waals surface area contributed by atoms with Crippen LogP contribution in [0.4, 0.5) is 0 Å². The molecule has 0 bridgehead atoms. The first-order chi connectivity index (χ1) is 5.36. The van der Waals surface area contributed by atoms with Crippen LogP contribution in [0.3, 0.4) is 0 Å². The highest BCUT2D eigenvalue weighted by molar-refractivity contribution is 7.99. The first-order valence-corrected chi connectivity index (χ1v) is 5.90. The molecule has 1 aliphatic heterocycles. The molecule has 0 aromatic heterocycles. The minimum atomic E-state index is 0.937. The molecular formula is C9H19NS. The van der Waals surface area contributed by atoms with E-state index in [4.69, 9.17) is 0 Å². The lowest BCUT2D eigenvalue weighted by atomic mass is 10.2. The number of thioether (sulfide) groups is 1. The lowest BCUT2D eigenvalue weighted by molar-refractivity contribution is 0.301. The van der Waals surface area contributed by atoms with Gasteiger partial charge in [0, 0.05) is 5.25 Å². The number of nitrogens with zero attached hydrogens (tertiary/aromatic N) is 1. The molecule has 0 aromatic rings. The van der Waals surface area contributed by atoms with Crippen molar-refractivity contribution in [1.82, 2.24) is 4.90 Å². The summed E-state index contributed by atoms with van der Waals surface area (Å²) in [6.07, 6.45) is 6.47. The number of likely N-dealkylation sites (tertiary alicyclic amines) is 1. The minimum absolute atomic E-state index is 0.937. The summed E-state index contributed by atoms with van der Waals surface area (Å²) in [6.45, 7) is 6.15. The van der Waals surface area contributed by atoms with Gasteiger partial charge in [0.1, 0.15) is 0 Å². The molecule has 0 radical (unpaired) electrons. The summed E-state index contributed by atoms with van der Waals surface area (Å²) >= 11 is 2.04. The van der Waals surface area contributed by atoms with Crippen LogP contribution in [-0.4, -0.2) is 36.0 Å². The van der Waals surface area contributed by atoms with E-state index in [9.17, 15) is 0 Å².